The molecule has 0 atom stereocenters. The van der Waals surface area contributed by atoms with Crippen LogP contribution in [0.15, 0.2) is 35.8 Å². The molecule has 1 aliphatic rings. The van der Waals surface area contributed by atoms with Crippen LogP contribution in [-0.2, 0) is 6.42 Å². The summed E-state index contributed by atoms with van der Waals surface area (Å²) in [7, 11) is 0. The van der Waals surface area contributed by atoms with Crippen molar-refractivity contribution < 1.29 is 0 Å². The fraction of sp³-hybridized carbons (Fsp3) is 0.400. The second-order valence-electron chi connectivity index (χ2n) is 5.05. The maximum Gasteiger partial charge on any atom is 0.0937 e. The van der Waals surface area contributed by atoms with Crippen molar-refractivity contribution in [2.24, 2.45) is 0 Å². The van der Waals surface area contributed by atoms with Gasteiger partial charge in [0.05, 0.1) is 5.01 Å². The summed E-state index contributed by atoms with van der Waals surface area (Å²) in [5.41, 5.74) is 1.42. The van der Waals surface area contributed by atoms with Gasteiger partial charge in [0.25, 0.3) is 0 Å². The van der Waals surface area contributed by atoms with Crippen LogP contribution in [0.4, 0.5) is 0 Å². The normalized spacial score (nSPS) is 22.2. The summed E-state index contributed by atoms with van der Waals surface area (Å²) < 4.78 is 0. The highest BCUT2D eigenvalue weighted by Crippen LogP contribution is 2.37. The van der Waals surface area contributed by atoms with Gasteiger partial charge in [0.15, 0.2) is 0 Å². The van der Waals surface area contributed by atoms with Gasteiger partial charge in [0.1, 0.15) is 0 Å². The number of benzene rings is 1. The van der Waals surface area contributed by atoms with Crippen LogP contribution in [0.5, 0.6) is 0 Å². The monoisotopic (exact) mass is 292 g/mol. The first-order valence-electron chi connectivity index (χ1n) is 6.68. The lowest BCUT2D eigenvalue weighted by atomic mass is 9.76. The van der Waals surface area contributed by atoms with Crippen molar-refractivity contribution in [3.8, 4) is 0 Å². The predicted octanol–water partition coefficient (Wildman–Crippen LogP) is 3.87. The lowest BCUT2D eigenvalue weighted by Crippen LogP contribution is -2.40. The molecule has 1 aliphatic carbocycles. The average molecular weight is 293 g/mol. The molecule has 2 aromatic rings. The van der Waals surface area contributed by atoms with Crippen molar-refractivity contribution in [2.75, 3.05) is 6.54 Å². The van der Waals surface area contributed by atoms with Crippen LogP contribution in [0, 0.1) is 0 Å². The van der Waals surface area contributed by atoms with E-state index in [0.717, 1.165) is 18.0 Å². The van der Waals surface area contributed by atoms with Crippen LogP contribution in [-0.4, -0.2) is 17.6 Å². The lowest BCUT2D eigenvalue weighted by Gasteiger charge is -2.36. The highest BCUT2D eigenvalue weighted by atomic mass is 35.5. The summed E-state index contributed by atoms with van der Waals surface area (Å²) in [6, 6.07) is 8.94. The summed E-state index contributed by atoms with van der Waals surface area (Å²) >= 11 is 7.64. The Balaban J connectivity index is 1.39. The molecule has 1 aromatic carbocycles. The second-order valence-corrected chi connectivity index (χ2v) is 6.46. The van der Waals surface area contributed by atoms with E-state index in [1.807, 2.05) is 23.7 Å². The number of nitrogens with zero attached hydrogens (tertiary/aromatic N) is 1. The molecular formula is C15H17ClN2S. The number of halogens is 1. The number of aromatic nitrogens is 1. The van der Waals surface area contributed by atoms with E-state index in [9.17, 15) is 0 Å². The molecule has 1 N–H and O–H groups in total. The number of hydrogen-bond donors (Lipinski definition) is 1. The summed E-state index contributed by atoms with van der Waals surface area (Å²) in [6.07, 6.45) is 5.39. The van der Waals surface area contributed by atoms with Crippen LogP contribution in [0.2, 0.25) is 5.02 Å². The SMILES string of the molecule is Clc1ccc(C2CC(NCCc3nccs3)C2)cc1. The molecule has 0 aliphatic heterocycles. The molecule has 1 heterocycles. The second kappa shape index (κ2) is 6.04. The Labute approximate surface area is 122 Å². The fourth-order valence-electron chi connectivity index (χ4n) is 2.55. The third-order valence-corrected chi connectivity index (χ3v) is 4.83. The van der Waals surface area contributed by atoms with Crippen molar-refractivity contribution in [1.82, 2.24) is 10.3 Å². The van der Waals surface area contributed by atoms with Gasteiger partial charge in [-0.25, -0.2) is 4.98 Å². The zero-order chi connectivity index (χ0) is 13.1. The molecule has 0 radical (unpaired) electrons. The Morgan fingerprint density at radius 1 is 1.26 bits per heavy atom. The summed E-state index contributed by atoms with van der Waals surface area (Å²) in [6.45, 7) is 1.03. The molecule has 1 fully saturated rings. The zero-order valence-corrected chi connectivity index (χ0v) is 12.3. The average Bonchev–Trinajstić information content (AvgIpc) is 2.87. The summed E-state index contributed by atoms with van der Waals surface area (Å²) in [4.78, 5) is 4.29. The van der Waals surface area contributed by atoms with Crippen molar-refractivity contribution in [2.45, 2.75) is 31.2 Å². The van der Waals surface area contributed by atoms with Crippen molar-refractivity contribution in [3.05, 3.63) is 51.4 Å². The van der Waals surface area contributed by atoms with E-state index in [1.54, 1.807) is 11.3 Å². The Kier molecular flexibility index (Phi) is 4.16. The van der Waals surface area contributed by atoms with E-state index in [0.29, 0.717) is 12.0 Å². The van der Waals surface area contributed by atoms with Gasteiger partial charge in [0, 0.05) is 35.6 Å². The maximum atomic E-state index is 5.91. The highest BCUT2D eigenvalue weighted by Gasteiger charge is 2.29. The topological polar surface area (TPSA) is 24.9 Å². The zero-order valence-electron chi connectivity index (χ0n) is 10.7. The van der Waals surface area contributed by atoms with E-state index in [2.05, 4.69) is 22.4 Å². The van der Waals surface area contributed by atoms with Crippen LogP contribution in [0.1, 0.15) is 29.3 Å². The Morgan fingerprint density at radius 3 is 2.74 bits per heavy atom. The van der Waals surface area contributed by atoms with Gasteiger partial charge < -0.3 is 5.32 Å². The van der Waals surface area contributed by atoms with Crippen molar-refractivity contribution in [1.29, 1.82) is 0 Å². The molecule has 19 heavy (non-hydrogen) atoms. The number of hydrogen-bond acceptors (Lipinski definition) is 3. The van der Waals surface area contributed by atoms with E-state index < -0.39 is 0 Å². The van der Waals surface area contributed by atoms with Gasteiger partial charge in [-0.1, -0.05) is 23.7 Å². The first kappa shape index (κ1) is 13.1. The largest absolute Gasteiger partial charge is 0.314 e. The minimum absolute atomic E-state index is 0.667. The van der Waals surface area contributed by atoms with Gasteiger partial charge in [-0.15, -0.1) is 11.3 Å². The maximum absolute atomic E-state index is 5.91. The third kappa shape index (κ3) is 3.35. The molecule has 0 amide bonds. The molecule has 0 spiro atoms. The van der Waals surface area contributed by atoms with Gasteiger partial charge in [-0.3, -0.25) is 0 Å². The van der Waals surface area contributed by atoms with Gasteiger partial charge in [-0.2, -0.15) is 0 Å². The summed E-state index contributed by atoms with van der Waals surface area (Å²) in [5.74, 6) is 0.703. The van der Waals surface area contributed by atoms with Crippen LogP contribution >= 0.6 is 22.9 Å². The van der Waals surface area contributed by atoms with E-state index in [1.165, 1.54) is 23.4 Å². The van der Waals surface area contributed by atoms with E-state index in [-0.39, 0.29) is 0 Å². The Bertz CT molecular complexity index is 503. The van der Waals surface area contributed by atoms with Gasteiger partial charge in [-0.05, 0) is 36.5 Å². The first-order valence-corrected chi connectivity index (χ1v) is 7.94. The molecular weight excluding hydrogens is 276 g/mol. The molecule has 0 saturated heterocycles. The third-order valence-electron chi connectivity index (χ3n) is 3.73. The number of thiazole rings is 1. The van der Waals surface area contributed by atoms with Gasteiger partial charge in [0.2, 0.25) is 0 Å². The predicted molar refractivity (Wildman–Crippen MR) is 81.0 cm³/mol. The van der Waals surface area contributed by atoms with E-state index >= 15 is 0 Å². The minimum atomic E-state index is 0.667. The van der Waals surface area contributed by atoms with Crippen LogP contribution < -0.4 is 5.32 Å². The molecule has 1 saturated carbocycles. The molecule has 100 valence electrons. The van der Waals surface area contributed by atoms with Crippen LogP contribution in [0.25, 0.3) is 0 Å². The smallest absolute Gasteiger partial charge is 0.0937 e. The standard InChI is InChI=1S/C15H17ClN2S/c16-13-3-1-11(2-4-13)12-9-14(10-12)17-6-5-15-18-7-8-19-15/h1-4,7-8,12,14,17H,5-6,9-10H2. The van der Waals surface area contributed by atoms with Crippen molar-refractivity contribution >= 4 is 22.9 Å². The quantitative estimate of drug-likeness (QED) is 0.905. The molecule has 4 heteroatoms. The minimum Gasteiger partial charge on any atom is -0.314 e. The fourth-order valence-corrected chi connectivity index (χ4v) is 3.30. The molecule has 0 bridgehead atoms. The summed E-state index contributed by atoms with van der Waals surface area (Å²) in [5, 5.41) is 7.69. The Morgan fingerprint density at radius 2 is 2.05 bits per heavy atom. The molecule has 0 unspecified atom stereocenters. The Hall–Kier alpha value is -0.900. The highest BCUT2D eigenvalue weighted by molar-refractivity contribution is 7.09. The molecule has 1 aromatic heterocycles. The van der Waals surface area contributed by atoms with Crippen molar-refractivity contribution in [3.63, 3.8) is 0 Å². The molecule has 3 rings (SSSR count). The van der Waals surface area contributed by atoms with Crippen LogP contribution in [0.3, 0.4) is 0 Å². The number of nitrogens with one attached hydrogen (secondary N) is 1. The molecule has 2 nitrogen and oxygen atoms in total. The van der Waals surface area contributed by atoms with Gasteiger partial charge >= 0.3 is 0 Å². The lowest BCUT2D eigenvalue weighted by molar-refractivity contribution is 0.293. The number of rotatable bonds is 5. The van der Waals surface area contributed by atoms with E-state index in [4.69, 9.17) is 11.6 Å². The first-order chi connectivity index (χ1) is 9.31.